The van der Waals surface area contributed by atoms with Crippen molar-refractivity contribution in [2.45, 2.75) is 12.6 Å². The minimum absolute atomic E-state index is 0.408. The number of hydroxylamine groups is 2. The molecule has 1 aromatic rings. The van der Waals surface area contributed by atoms with Gasteiger partial charge in [0.15, 0.2) is 0 Å². The number of aliphatic hydroxyl groups excluding tert-OH is 1. The molecule has 0 spiro atoms. The molecule has 0 bridgehead atoms. The van der Waals surface area contributed by atoms with Gasteiger partial charge in [0.25, 0.3) is 0 Å². The van der Waals surface area contributed by atoms with E-state index in [4.69, 9.17) is 10.6 Å². The monoisotopic (exact) mass is 200 g/mol. The number of hydrogen-bond acceptors (Lipinski definition) is 5. The lowest BCUT2D eigenvalue weighted by atomic mass is 10.3. The van der Waals surface area contributed by atoms with Crippen LogP contribution in [0, 0.1) is 0 Å². The summed E-state index contributed by atoms with van der Waals surface area (Å²) in [5.41, 5.74) is 6.08. The first-order valence-electron chi connectivity index (χ1n) is 4.33. The van der Waals surface area contributed by atoms with Crippen molar-refractivity contribution in [3.8, 4) is 0 Å². The molecule has 6 heteroatoms. The minimum Gasteiger partial charge on any atom is -0.396 e. The van der Waals surface area contributed by atoms with E-state index < -0.39 is 6.10 Å². The number of nitrogen functional groups attached to an aromatic ring is 1. The van der Waals surface area contributed by atoms with Crippen molar-refractivity contribution in [2.75, 3.05) is 26.4 Å². The van der Waals surface area contributed by atoms with Crippen molar-refractivity contribution in [2.24, 2.45) is 0 Å². The number of nitrogens with two attached hydrogens (primary N) is 1. The summed E-state index contributed by atoms with van der Waals surface area (Å²) in [6, 6.07) is 0. The highest BCUT2D eigenvalue weighted by Crippen LogP contribution is 2.00. The Bertz CT molecular complexity index is 276. The van der Waals surface area contributed by atoms with Crippen molar-refractivity contribution in [1.29, 1.82) is 0 Å². The van der Waals surface area contributed by atoms with Gasteiger partial charge in [0.2, 0.25) is 0 Å². The number of hydrogen-bond donors (Lipinski definition) is 2. The lowest BCUT2D eigenvalue weighted by Gasteiger charge is -2.17. The second-order valence-corrected chi connectivity index (χ2v) is 3.14. The van der Waals surface area contributed by atoms with E-state index in [-0.39, 0.29) is 0 Å². The highest BCUT2D eigenvalue weighted by atomic mass is 16.7. The van der Waals surface area contributed by atoms with Crippen molar-refractivity contribution in [3.63, 3.8) is 0 Å². The highest BCUT2D eigenvalue weighted by molar-refractivity contribution is 5.30. The molecular formula is C8H16N4O2. The molecule has 0 fully saturated rings. The predicted molar refractivity (Wildman–Crippen MR) is 52.3 cm³/mol. The first-order chi connectivity index (χ1) is 6.61. The third kappa shape index (κ3) is 3.33. The Hall–Kier alpha value is -1.11. The Morgan fingerprint density at radius 3 is 3.00 bits per heavy atom. The van der Waals surface area contributed by atoms with Gasteiger partial charge in [-0.3, -0.25) is 4.68 Å². The zero-order valence-corrected chi connectivity index (χ0v) is 8.42. The van der Waals surface area contributed by atoms with Crippen LogP contribution in [-0.2, 0) is 11.4 Å². The normalized spacial score (nSPS) is 13.4. The van der Waals surface area contributed by atoms with Crippen LogP contribution in [0.2, 0.25) is 0 Å². The first kappa shape index (κ1) is 11.0. The molecule has 80 valence electrons. The molecule has 0 aromatic carbocycles. The lowest BCUT2D eigenvalue weighted by Crippen LogP contribution is -2.31. The Morgan fingerprint density at radius 2 is 2.50 bits per heavy atom. The summed E-state index contributed by atoms with van der Waals surface area (Å²) in [4.78, 5) is 4.88. The Morgan fingerprint density at radius 1 is 1.79 bits per heavy atom. The average Bonchev–Trinajstić information content (AvgIpc) is 2.50. The van der Waals surface area contributed by atoms with Crippen LogP contribution in [0.15, 0.2) is 12.4 Å². The molecule has 1 heterocycles. The molecule has 6 nitrogen and oxygen atoms in total. The van der Waals surface area contributed by atoms with Crippen LogP contribution in [-0.4, -0.2) is 46.8 Å². The van der Waals surface area contributed by atoms with Gasteiger partial charge in [-0.2, -0.15) is 10.2 Å². The van der Waals surface area contributed by atoms with Crippen molar-refractivity contribution in [3.05, 3.63) is 12.4 Å². The molecule has 0 amide bonds. The molecular weight excluding hydrogens is 184 g/mol. The number of nitrogens with zero attached hydrogens (tertiary/aromatic N) is 3. The third-order valence-electron chi connectivity index (χ3n) is 1.83. The molecule has 0 saturated heterocycles. The van der Waals surface area contributed by atoms with E-state index in [0.29, 0.717) is 18.8 Å². The van der Waals surface area contributed by atoms with Crippen LogP contribution >= 0.6 is 0 Å². The number of likely N-dealkylation sites (N-methyl/N-ethyl adjacent to an activating group) is 1. The summed E-state index contributed by atoms with van der Waals surface area (Å²) < 4.78 is 1.60. The van der Waals surface area contributed by atoms with E-state index in [0.717, 1.165) is 0 Å². The fraction of sp³-hybridized carbons (Fsp3) is 0.625. The topological polar surface area (TPSA) is 76.5 Å². The maximum absolute atomic E-state index is 9.59. The Kier molecular flexibility index (Phi) is 3.87. The molecule has 0 saturated carbocycles. The van der Waals surface area contributed by atoms with Gasteiger partial charge in [-0.1, -0.05) is 0 Å². The van der Waals surface area contributed by atoms with Crippen LogP contribution in [0.5, 0.6) is 0 Å². The number of aromatic nitrogens is 2. The molecule has 0 aliphatic carbocycles. The molecule has 1 aromatic heterocycles. The summed E-state index contributed by atoms with van der Waals surface area (Å²) >= 11 is 0. The summed E-state index contributed by atoms with van der Waals surface area (Å²) in [7, 11) is 3.30. The maximum Gasteiger partial charge on any atom is 0.0885 e. The zero-order chi connectivity index (χ0) is 10.6. The number of rotatable bonds is 5. The van der Waals surface area contributed by atoms with E-state index in [2.05, 4.69) is 5.10 Å². The van der Waals surface area contributed by atoms with Crippen LogP contribution in [0.25, 0.3) is 0 Å². The van der Waals surface area contributed by atoms with Gasteiger partial charge in [0.05, 0.1) is 38.2 Å². The molecule has 0 aliphatic rings. The summed E-state index contributed by atoms with van der Waals surface area (Å²) in [6.07, 6.45) is 2.70. The largest absolute Gasteiger partial charge is 0.396 e. The Labute approximate surface area is 82.8 Å². The molecule has 1 rings (SSSR count). The molecule has 0 aliphatic heterocycles. The maximum atomic E-state index is 9.59. The summed E-state index contributed by atoms with van der Waals surface area (Å²) in [6.45, 7) is 0.834. The minimum atomic E-state index is -0.528. The SMILES string of the molecule is CON(C)C[C@@H](O)Cn1cc(N)cn1. The standard InChI is InChI=1S/C8H16N4O2/c1-11(14-2)5-8(13)6-12-4-7(9)3-10-12/h3-4,8,13H,5-6,9H2,1-2H3/t8-/m1/s1. The molecule has 0 radical (unpaired) electrons. The predicted octanol–water partition coefficient (Wildman–Crippen LogP) is -0.681. The fourth-order valence-corrected chi connectivity index (χ4v) is 1.12. The van der Waals surface area contributed by atoms with E-state index in [1.54, 1.807) is 36.3 Å². The van der Waals surface area contributed by atoms with E-state index in [1.165, 1.54) is 0 Å². The first-order valence-corrected chi connectivity index (χ1v) is 4.33. The summed E-state index contributed by atoms with van der Waals surface area (Å²) in [5, 5.41) is 15.1. The van der Waals surface area contributed by atoms with E-state index >= 15 is 0 Å². The van der Waals surface area contributed by atoms with Gasteiger partial charge >= 0.3 is 0 Å². The third-order valence-corrected chi connectivity index (χ3v) is 1.83. The van der Waals surface area contributed by atoms with Crippen LogP contribution in [0.4, 0.5) is 5.69 Å². The molecule has 14 heavy (non-hydrogen) atoms. The number of anilines is 1. The Balaban J connectivity index is 2.37. The summed E-state index contributed by atoms with van der Waals surface area (Å²) in [5.74, 6) is 0. The van der Waals surface area contributed by atoms with Crippen molar-refractivity contribution in [1.82, 2.24) is 14.8 Å². The van der Waals surface area contributed by atoms with Gasteiger partial charge in [-0.15, -0.1) is 0 Å². The van der Waals surface area contributed by atoms with Crippen LogP contribution in [0.3, 0.4) is 0 Å². The van der Waals surface area contributed by atoms with E-state index in [9.17, 15) is 5.11 Å². The molecule has 1 atom stereocenters. The molecule has 3 N–H and O–H groups in total. The quantitative estimate of drug-likeness (QED) is 0.616. The van der Waals surface area contributed by atoms with Gasteiger partial charge in [-0.05, 0) is 0 Å². The average molecular weight is 200 g/mol. The van der Waals surface area contributed by atoms with Gasteiger partial charge < -0.3 is 15.7 Å². The lowest BCUT2D eigenvalue weighted by molar-refractivity contribution is -0.129. The number of aliphatic hydroxyl groups is 1. The van der Waals surface area contributed by atoms with Gasteiger partial charge in [-0.25, -0.2) is 0 Å². The van der Waals surface area contributed by atoms with Crippen molar-refractivity contribution >= 4 is 5.69 Å². The second-order valence-electron chi connectivity index (χ2n) is 3.14. The van der Waals surface area contributed by atoms with Crippen LogP contribution in [0.1, 0.15) is 0 Å². The molecule has 0 unspecified atom stereocenters. The van der Waals surface area contributed by atoms with E-state index in [1.807, 2.05) is 0 Å². The van der Waals surface area contributed by atoms with Crippen molar-refractivity contribution < 1.29 is 9.94 Å². The highest BCUT2D eigenvalue weighted by Gasteiger charge is 2.08. The fourth-order valence-electron chi connectivity index (χ4n) is 1.12. The van der Waals surface area contributed by atoms with Crippen LogP contribution < -0.4 is 5.73 Å². The van der Waals surface area contributed by atoms with Gasteiger partial charge in [0, 0.05) is 13.2 Å². The second kappa shape index (κ2) is 4.94. The zero-order valence-electron chi connectivity index (χ0n) is 8.42. The van der Waals surface area contributed by atoms with Gasteiger partial charge in [0.1, 0.15) is 0 Å². The smallest absolute Gasteiger partial charge is 0.0885 e.